The van der Waals surface area contributed by atoms with Crippen molar-refractivity contribution < 1.29 is 18.7 Å². The van der Waals surface area contributed by atoms with Crippen LogP contribution in [0.3, 0.4) is 0 Å². The van der Waals surface area contributed by atoms with Crippen LogP contribution in [0, 0.1) is 5.82 Å². The highest BCUT2D eigenvalue weighted by atomic mass is 79.9. The predicted octanol–water partition coefficient (Wildman–Crippen LogP) is 2.94. The molecule has 0 saturated carbocycles. The second-order valence-electron chi connectivity index (χ2n) is 6.79. The molecule has 1 unspecified atom stereocenters. The van der Waals surface area contributed by atoms with Gasteiger partial charge < -0.3 is 20.5 Å². The lowest BCUT2D eigenvalue weighted by atomic mass is 9.95. The first-order valence-electron chi connectivity index (χ1n) is 9.19. The number of allylic oxidation sites excluding steroid dienone is 1. The second-order valence-corrected chi connectivity index (χ2v) is 7.65. The van der Waals surface area contributed by atoms with E-state index < -0.39 is 11.9 Å². The summed E-state index contributed by atoms with van der Waals surface area (Å²) >= 11 is 3.49. The minimum absolute atomic E-state index is 0.0109. The van der Waals surface area contributed by atoms with Crippen LogP contribution in [0.15, 0.2) is 52.1 Å². The van der Waals surface area contributed by atoms with E-state index in [-0.39, 0.29) is 12.4 Å². The maximum absolute atomic E-state index is 13.9. The Hall–Kier alpha value is -3.47. The van der Waals surface area contributed by atoms with Crippen LogP contribution in [-0.4, -0.2) is 33.2 Å². The summed E-state index contributed by atoms with van der Waals surface area (Å²) in [5.74, 6) is 0.187. The molecule has 3 N–H and O–H groups in total. The Kier molecular flexibility index (Phi) is 5.59. The number of nitrogens with zero attached hydrogens (tertiary/aromatic N) is 4. The molecule has 31 heavy (non-hydrogen) atoms. The fourth-order valence-corrected chi connectivity index (χ4v) is 4.02. The van der Waals surface area contributed by atoms with Gasteiger partial charge in [0.05, 0.1) is 17.2 Å². The highest BCUT2D eigenvalue weighted by molar-refractivity contribution is 9.10. The van der Waals surface area contributed by atoms with Crippen molar-refractivity contribution in [2.75, 3.05) is 12.4 Å². The van der Waals surface area contributed by atoms with Gasteiger partial charge in [0.1, 0.15) is 18.5 Å². The monoisotopic (exact) mass is 488 g/mol. The molecule has 1 amide bonds. The highest BCUT2D eigenvalue weighted by Crippen LogP contribution is 2.42. The summed E-state index contributed by atoms with van der Waals surface area (Å²) in [6.07, 6.45) is 0. The number of carbonyl (C=O) groups excluding carboxylic acids is 1. The van der Waals surface area contributed by atoms with E-state index in [2.05, 4.69) is 36.8 Å². The van der Waals surface area contributed by atoms with Gasteiger partial charge in [-0.3, -0.25) is 4.79 Å². The van der Waals surface area contributed by atoms with E-state index in [1.54, 1.807) is 37.3 Å². The lowest BCUT2D eigenvalue weighted by Crippen LogP contribution is -2.31. The first kappa shape index (κ1) is 20.8. The Bertz CT molecular complexity index is 1200. The maximum atomic E-state index is 13.9. The fourth-order valence-electron chi connectivity index (χ4n) is 3.44. The Morgan fingerprint density at radius 1 is 1.35 bits per heavy atom. The molecule has 1 atom stereocenters. The minimum Gasteiger partial charge on any atom is -0.493 e. The quantitative estimate of drug-likeness (QED) is 0.547. The van der Waals surface area contributed by atoms with E-state index in [4.69, 9.17) is 15.2 Å². The van der Waals surface area contributed by atoms with Crippen LogP contribution < -0.4 is 20.5 Å². The molecular formula is C20H18BrFN6O3. The number of aromatic nitrogens is 4. The van der Waals surface area contributed by atoms with E-state index in [1.165, 1.54) is 17.9 Å². The maximum Gasteiger partial charge on any atom is 0.248 e. The normalized spacial score (nSPS) is 15.3. The van der Waals surface area contributed by atoms with Gasteiger partial charge in [-0.1, -0.05) is 23.3 Å². The molecule has 0 radical (unpaired) electrons. The molecule has 160 valence electrons. The highest BCUT2D eigenvalue weighted by Gasteiger charge is 2.34. The van der Waals surface area contributed by atoms with Crippen LogP contribution in [0.5, 0.6) is 11.5 Å². The number of halogens is 2. The Balaban J connectivity index is 1.74. The number of tetrazole rings is 1. The van der Waals surface area contributed by atoms with E-state index in [0.717, 1.165) is 0 Å². The molecule has 2 aromatic carbocycles. The van der Waals surface area contributed by atoms with E-state index >= 15 is 0 Å². The zero-order chi connectivity index (χ0) is 22.1. The minimum atomic E-state index is -0.672. The summed E-state index contributed by atoms with van der Waals surface area (Å²) in [6.45, 7) is 1.74. The number of amides is 1. The van der Waals surface area contributed by atoms with Gasteiger partial charge in [0.25, 0.3) is 0 Å². The molecule has 1 aromatic heterocycles. The van der Waals surface area contributed by atoms with Gasteiger partial charge in [-0.25, -0.2) is 4.39 Å². The average Bonchev–Trinajstić information content (AvgIpc) is 3.20. The number of carbonyl (C=O) groups is 1. The fraction of sp³-hybridized carbons (Fsp3) is 0.200. The second kappa shape index (κ2) is 8.34. The molecule has 0 fully saturated rings. The summed E-state index contributed by atoms with van der Waals surface area (Å²) in [4.78, 5) is 12.2. The predicted molar refractivity (Wildman–Crippen MR) is 113 cm³/mol. The molecule has 9 nitrogen and oxygen atoms in total. The van der Waals surface area contributed by atoms with Gasteiger partial charge >= 0.3 is 0 Å². The van der Waals surface area contributed by atoms with Crippen LogP contribution in [0.25, 0.3) is 0 Å². The summed E-state index contributed by atoms with van der Waals surface area (Å²) in [5, 5.41) is 14.6. The van der Waals surface area contributed by atoms with Gasteiger partial charge in [0, 0.05) is 11.3 Å². The summed E-state index contributed by atoms with van der Waals surface area (Å²) in [7, 11) is 1.49. The van der Waals surface area contributed by atoms with Crippen molar-refractivity contribution in [1.29, 1.82) is 0 Å². The molecule has 0 aliphatic carbocycles. The molecule has 0 bridgehead atoms. The number of nitrogens with two attached hydrogens (primary N) is 1. The number of benzene rings is 2. The summed E-state index contributed by atoms with van der Waals surface area (Å²) in [6, 6.07) is 9.16. The smallest absolute Gasteiger partial charge is 0.248 e. The van der Waals surface area contributed by atoms with Gasteiger partial charge in [-0.2, -0.15) is 4.68 Å². The molecular weight excluding hydrogens is 471 g/mol. The van der Waals surface area contributed by atoms with Crippen LogP contribution in [0.2, 0.25) is 0 Å². The van der Waals surface area contributed by atoms with Crippen molar-refractivity contribution in [1.82, 2.24) is 20.2 Å². The number of ether oxygens (including phenoxy) is 2. The van der Waals surface area contributed by atoms with Crippen LogP contribution >= 0.6 is 15.9 Å². The van der Waals surface area contributed by atoms with Gasteiger partial charge in [-0.15, -0.1) is 0 Å². The van der Waals surface area contributed by atoms with Crippen LogP contribution in [0.4, 0.5) is 10.3 Å². The number of hydrogen-bond acceptors (Lipinski definition) is 7. The Morgan fingerprint density at radius 2 is 2.13 bits per heavy atom. The third kappa shape index (κ3) is 3.83. The van der Waals surface area contributed by atoms with Crippen molar-refractivity contribution in [2.45, 2.75) is 19.6 Å². The van der Waals surface area contributed by atoms with Crippen molar-refractivity contribution >= 4 is 27.8 Å². The Labute approximate surface area is 185 Å². The zero-order valence-electron chi connectivity index (χ0n) is 16.6. The van der Waals surface area contributed by atoms with E-state index in [0.29, 0.717) is 44.3 Å². The zero-order valence-corrected chi connectivity index (χ0v) is 18.2. The van der Waals surface area contributed by atoms with Crippen LogP contribution in [0.1, 0.15) is 24.1 Å². The van der Waals surface area contributed by atoms with E-state index in [9.17, 15) is 9.18 Å². The largest absolute Gasteiger partial charge is 0.493 e. The molecule has 1 aliphatic rings. The van der Waals surface area contributed by atoms with Crippen molar-refractivity contribution in [3.63, 3.8) is 0 Å². The molecule has 11 heteroatoms. The molecule has 0 saturated heterocycles. The average molecular weight is 489 g/mol. The van der Waals surface area contributed by atoms with Crippen molar-refractivity contribution in [3.8, 4) is 11.5 Å². The third-order valence-electron chi connectivity index (χ3n) is 4.88. The number of nitrogens with one attached hydrogen (secondary N) is 1. The molecule has 3 aromatic rings. The first-order valence-corrected chi connectivity index (χ1v) is 9.99. The summed E-state index contributed by atoms with van der Waals surface area (Å²) < 4.78 is 27.3. The van der Waals surface area contributed by atoms with Crippen molar-refractivity contribution in [3.05, 3.63) is 69.1 Å². The molecule has 4 rings (SSSR count). The number of hydrogen-bond donors (Lipinski definition) is 2. The van der Waals surface area contributed by atoms with Crippen molar-refractivity contribution in [2.24, 2.45) is 5.73 Å². The van der Waals surface area contributed by atoms with Gasteiger partial charge in [-0.05, 0) is 57.0 Å². The SMILES string of the molecule is COc1cc(C2C(C(N)=O)=C(C)Nc3nnnn32)cc(Br)c1OCc1ccccc1F. The number of fused-ring (bicyclic) bond motifs is 1. The Morgan fingerprint density at radius 3 is 2.84 bits per heavy atom. The van der Waals surface area contributed by atoms with Gasteiger partial charge in [0.2, 0.25) is 11.9 Å². The number of methoxy groups -OCH3 is 1. The lowest BCUT2D eigenvalue weighted by molar-refractivity contribution is -0.115. The summed E-state index contributed by atoms with van der Waals surface area (Å²) in [5.41, 5.74) is 7.57. The molecule has 1 aliphatic heterocycles. The number of anilines is 1. The standard InChI is InChI=1S/C20H18BrFN6O3/c1-10-16(19(23)29)17(28-20(24-10)25-26-27-28)12-7-13(21)18(15(8-12)30-2)31-9-11-5-3-4-6-14(11)22/h3-8,17H,9H2,1-2H3,(H2,23,29)(H,24,25,27). The number of primary amides is 1. The number of rotatable bonds is 6. The lowest BCUT2D eigenvalue weighted by Gasteiger charge is -2.27. The first-order chi connectivity index (χ1) is 14.9. The van der Waals surface area contributed by atoms with Gasteiger partial charge in [0.15, 0.2) is 11.5 Å². The topological polar surface area (TPSA) is 117 Å². The molecule has 0 spiro atoms. The third-order valence-corrected chi connectivity index (χ3v) is 5.47. The van der Waals surface area contributed by atoms with Crippen LogP contribution in [-0.2, 0) is 11.4 Å². The molecule has 2 heterocycles. The van der Waals surface area contributed by atoms with E-state index in [1.807, 2.05) is 0 Å².